The summed E-state index contributed by atoms with van der Waals surface area (Å²) in [6.45, 7) is 7.08. The van der Waals surface area contributed by atoms with Crippen molar-refractivity contribution < 1.29 is 5.11 Å². The van der Waals surface area contributed by atoms with Crippen molar-refractivity contribution in [1.82, 2.24) is 19.9 Å². The Morgan fingerprint density at radius 3 is 3.00 bits per heavy atom. The maximum absolute atomic E-state index is 9.49. The van der Waals surface area contributed by atoms with E-state index in [4.69, 9.17) is 0 Å². The molecule has 0 spiro atoms. The molecule has 1 aliphatic heterocycles. The van der Waals surface area contributed by atoms with Crippen LogP contribution in [0, 0.1) is 13.8 Å². The van der Waals surface area contributed by atoms with Gasteiger partial charge in [0.05, 0.1) is 12.0 Å². The number of nitrogens with zero attached hydrogens (tertiary/aromatic N) is 4. The fourth-order valence-electron chi connectivity index (χ4n) is 3.42. The van der Waals surface area contributed by atoms with Gasteiger partial charge in [0.2, 0.25) is 0 Å². The first-order valence-corrected chi connectivity index (χ1v) is 8.37. The monoisotopic (exact) mass is 315 g/mol. The van der Waals surface area contributed by atoms with E-state index in [1.165, 1.54) is 12.8 Å². The molecule has 0 radical (unpaired) electrons. The Bertz CT molecular complexity index is 675. The molecule has 2 N–H and O–H groups in total. The second kappa shape index (κ2) is 7.19. The lowest BCUT2D eigenvalue weighted by atomic mass is 10.0. The van der Waals surface area contributed by atoms with E-state index in [1.807, 2.05) is 6.92 Å². The summed E-state index contributed by atoms with van der Waals surface area (Å²) in [5.74, 6) is 0.845. The van der Waals surface area contributed by atoms with Gasteiger partial charge in [0, 0.05) is 24.8 Å². The molecule has 0 amide bonds. The number of hydrogen-bond donors (Lipinski definition) is 2. The number of rotatable bonds is 5. The fraction of sp³-hybridized carbons (Fsp3) is 0.588. The lowest BCUT2D eigenvalue weighted by Crippen LogP contribution is -2.44. The molecule has 0 saturated carbocycles. The average Bonchev–Trinajstić information content (AvgIpc) is 2.55. The minimum Gasteiger partial charge on any atom is -0.395 e. The molecule has 0 aromatic carbocycles. The number of aliphatic hydroxyl groups excluding tert-OH is 1. The van der Waals surface area contributed by atoms with Crippen molar-refractivity contribution in [3.8, 4) is 0 Å². The van der Waals surface area contributed by atoms with Gasteiger partial charge in [-0.1, -0.05) is 6.42 Å². The minimum absolute atomic E-state index is 0.249. The number of hydrogen-bond acceptors (Lipinski definition) is 6. The Kier molecular flexibility index (Phi) is 5.03. The molecule has 6 nitrogen and oxygen atoms in total. The van der Waals surface area contributed by atoms with Crippen molar-refractivity contribution in [2.75, 3.05) is 31.6 Å². The van der Waals surface area contributed by atoms with Crippen molar-refractivity contribution in [2.45, 2.75) is 39.2 Å². The van der Waals surface area contributed by atoms with Crippen LogP contribution in [-0.4, -0.2) is 57.2 Å². The highest BCUT2D eigenvalue weighted by molar-refractivity contribution is 5.89. The van der Waals surface area contributed by atoms with Crippen molar-refractivity contribution in [3.63, 3.8) is 0 Å². The van der Waals surface area contributed by atoms with E-state index in [0.29, 0.717) is 6.04 Å². The molecule has 1 saturated heterocycles. The Balaban J connectivity index is 1.70. The molecule has 1 fully saturated rings. The molecule has 1 unspecified atom stereocenters. The first-order valence-electron chi connectivity index (χ1n) is 8.37. The summed E-state index contributed by atoms with van der Waals surface area (Å²) in [7, 11) is 0. The molecule has 3 heterocycles. The van der Waals surface area contributed by atoms with E-state index < -0.39 is 0 Å². The van der Waals surface area contributed by atoms with E-state index >= 15 is 0 Å². The van der Waals surface area contributed by atoms with Crippen molar-refractivity contribution >= 4 is 16.9 Å². The molecular formula is C17H25N5O. The van der Waals surface area contributed by atoms with Crippen LogP contribution in [0.3, 0.4) is 0 Å². The van der Waals surface area contributed by atoms with Crippen LogP contribution in [0.4, 0.5) is 5.82 Å². The summed E-state index contributed by atoms with van der Waals surface area (Å²) in [6.07, 6.45) is 5.09. The Morgan fingerprint density at radius 1 is 1.30 bits per heavy atom. The molecule has 0 aliphatic carbocycles. The number of aliphatic hydroxyl groups is 1. The van der Waals surface area contributed by atoms with Crippen LogP contribution in [0.2, 0.25) is 0 Å². The van der Waals surface area contributed by atoms with Crippen molar-refractivity contribution in [1.29, 1.82) is 0 Å². The average molecular weight is 315 g/mol. The summed E-state index contributed by atoms with van der Waals surface area (Å²) in [5, 5.41) is 13.9. The third-order valence-electron chi connectivity index (χ3n) is 4.58. The van der Waals surface area contributed by atoms with Crippen LogP contribution in [-0.2, 0) is 0 Å². The van der Waals surface area contributed by atoms with E-state index in [1.54, 1.807) is 6.33 Å². The predicted molar refractivity (Wildman–Crippen MR) is 91.6 cm³/mol. The van der Waals surface area contributed by atoms with Gasteiger partial charge < -0.3 is 10.4 Å². The first kappa shape index (κ1) is 16.1. The molecule has 6 heteroatoms. The topological polar surface area (TPSA) is 74.2 Å². The highest BCUT2D eigenvalue weighted by Crippen LogP contribution is 2.22. The Morgan fingerprint density at radius 2 is 2.17 bits per heavy atom. The van der Waals surface area contributed by atoms with Crippen LogP contribution in [0.15, 0.2) is 12.4 Å². The number of likely N-dealkylation sites (tertiary alicyclic amines) is 1. The smallest absolute Gasteiger partial charge is 0.165 e. The molecule has 124 valence electrons. The van der Waals surface area contributed by atoms with Crippen molar-refractivity contribution in [3.05, 3.63) is 23.7 Å². The van der Waals surface area contributed by atoms with Gasteiger partial charge in [0.25, 0.3) is 0 Å². The lowest BCUT2D eigenvalue weighted by molar-refractivity contribution is 0.0940. The molecule has 1 aliphatic rings. The first-order chi connectivity index (χ1) is 11.2. The number of aryl methyl sites for hydroxylation is 2. The zero-order chi connectivity index (χ0) is 16.2. The van der Waals surface area contributed by atoms with Crippen LogP contribution in [0.25, 0.3) is 11.0 Å². The number of piperidine rings is 1. The highest BCUT2D eigenvalue weighted by Gasteiger charge is 2.21. The van der Waals surface area contributed by atoms with Crippen LogP contribution in [0.1, 0.15) is 30.5 Å². The maximum Gasteiger partial charge on any atom is 0.165 e. The SMILES string of the molecule is Cc1cc(C)c2c(NCCN3CCCCC3CO)ncnc2n1. The molecule has 2 aromatic heterocycles. The van der Waals surface area contributed by atoms with Crippen LogP contribution in [0.5, 0.6) is 0 Å². The second-order valence-corrected chi connectivity index (χ2v) is 6.30. The quantitative estimate of drug-likeness (QED) is 0.878. The van der Waals surface area contributed by atoms with Gasteiger partial charge in [-0.15, -0.1) is 0 Å². The summed E-state index contributed by atoms with van der Waals surface area (Å²) >= 11 is 0. The summed E-state index contributed by atoms with van der Waals surface area (Å²) in [5.41, 5.74) is 2.85. The number of nitrogens with one attached hydrogen (secondary N) is 1. The standard InChI is InChI=1S/C17H25N5O/c1-12-9-13(2)21-17-15(12)16(19-11-20-17)18-6-8-22-7-4-3-5-14(22)10-23/h9,11,14,23H,3-8,10H2,1-2H3,(H,18,19,20,21). The number of pyridine rings is 1. The number of anilines is 1. The summed E-state index contributed by atoms with van der Waals surface area (Å²) in [4.78, 5) is 15.5. The van der Waals surface area contributed by atoms with E-state index in [-0.39, 0.29) is 6.61 Å². The number of fused-ring (bicyclic) bond motifs is 1. The molecule has 23 heavy (non-hydrogen) atoms. The third kappa shape index (κ3) is 3.59. The predicted octanol–water partition coefficient (Wildman–Crippen LogP) is 1.90. The fourth-order valence-corrected chi connectivity index (χ4v) is 3.42. The minimum atomic E-state index is 0.249. The second-order valence-electron chi connectivity index (χ2n) is 6.30. The third-order valence-corrected chi connectivity index (χ3v) is 4.58. The normalized spacial score (nSPS) is 19.2. The van der Waals surface area contributed by atoms with Gasteiger partial charge in [-0.2, -0.15) is 0 Å². The van der Waals surface area contributed by atoms with E-state index in [0.717, 1.165) is 54.2 Å². The van der Waals surface area contributed by atoms with Crippen molar-refractivity contribution in [2.24, 2.45) is 0 Å². The van der Waals surface area contributed by atoms with Gasteiger partial charge in [-0.05, 0) is 44.9 Å². The lowest BCUT2D eigenvalue weighted by Gasteiger charge is -2.34. The molecular weight excluding hydrogens is 290 g/mol. The van der Waals surface area contributed by atoms with Gasteiger partial charge in [-0.25, -0.2) is 15.0 Å². The summed E-state index contributed by atoms with van der Waals surface area (Å²) in [6, 6.07) is 2.36. The van der Waals surface area contributed by atoms with Gasteiger partial charge in [-0.3, -0.25) is 4.90 Å². The largest absolute Gasteiger partial charge is 0.395 e. The van der Waals surface area contributed by atoms with Gasteiger partial charge >= 0.3 is 0 Å². The Hall–Kier alpha value is -1.79. The van der Waals surface area contributed by atoms with E-state index in [2.05, 4.69) is 38.2 Å². The van der Waals surface area contributed by atoms with Crippen LogP contribution < -0.4 is 5.32 Å². The van der Waals surface area contributed by atoms with Gasteiger partial charge in [0.15, 0.2) is 5.65 Å². The highest BCUT2D eigenvalue weighted by atomic mass is 16.3. The molecule has 2 aromatic rings. The van der Waals surface area contributed by atoms with Crippen LogP contribution >= 0.6 is 0 Å². The molecule has 0 bridgehead atoms. The molecule has 1 atom stereocenters. The zero-order valence-corrected chi connectivity index (χ0v) is 13.9. The zero-order valence-electron chi connectivity index (χ0n) is 13.9. The molecule has 3 rings (SSSR count). The summed E-state index contributed by atoms with van der Waals surface area (Å²) < 4.78 is 0. The van der Waals surface area contributed by atoms with Gasteiger partial charge in [0.1, 0.15) is 12.1 Å². The Labute approximate surface area is 137 Å². The van der Waals surface area contributed by atoms with E-state index in [9.17, 15) is 5.11 Å². The number of aromatic nitrogens is 3. The maximum atomic E-state index is 9.49.